The summed E-state index contributed by atoms with van der Waals surface area (Å²) < 4.78 is 28.7. The van der Waals surface area contributed by atoms with E-state index in [-0.39, 0.29) is 12.0 Å². The van der Waals surface area contributed by atoms with E-state index in [0.29, 0.717) is 5.75 Å². The van der Waals surface area contributed by atoms with Crippen molar-refractivity contribution in [2.45, 2.75) is 16.0 Å². The maximum Gasteiger partial charge on any atom is 0.328 e. The second-order valence-corrected chi connectivity index (χ2v) is 4.94. The van der Waals surface area contributed by atoms with Gasteiger partial charge in [0.1, 0.15) is 5.75 Å². The van der Waals surface area contributed by atoms with Crippen LogP contribution in [0.25, 0.3) is 0 Å². The van der Waals surface area contributed by atoms with Crippen LogP contribution in [-0.2, 0) is 5.60 Å². The predicted molar refractivity (Wildman–Crippen MR) is 70.7 cm³/mol. The Hall–Kier alpha value is -0.690. The number of halogens is 3. The Balaban J connectivity index is 3.26. The number of rotatable bonds is 5. The summed E-state index contributed by atoms with van der Waals surface area (Å²) in [6.07, 6.45) is 1.03. The molecule has 1 aromatic rings. The fourth-order valence-electron chi connectivity index (χ4n) is 1.49. The molecule has 1 unspecified atom stereocenters. The highest BCUT2D eigenvalue weighted by molar-refractivity contribution is 14.1. The van der Waals surface area contributed by atoms with Gasteiger partial charge in [-0.3, -0.25) is 0 Å². The average Bonchev–Trinajstić information content (AvgIpc) is 2.28. The normalized spacial score (nSPS) is 15.1. The maximum absolute atomic E-state index is 13.5. The lowest BCUT2D eigenvalue weighted by Crippen LogP contribution is -2.40. The SMILES string of the molecule is C=CCC(O)(c1cccc(OC)c1)C(F)(F)I. The number of aliphatic hydroxyl groups is 1. The van der Waals surface area contributed by atoms with Gasteiger partial charge in [0.25, 0.3) is 0 Å². The molecule has 1 rings (SSSR count). The molecule has 2 nitrogen and oxygen atoms in total. The van der Waals surface area contributed by atoms with Crippen LogP contribution in [0.3, 0.4) is 0 Å². The predicted octanol–water partition coefficient (Wildman–Crippen LogP) is 3.49. The van der Waals surface area contributed by atoms with Crippen molar-refractivity contribution >= 4 is 22.6 Å². The second kappa shape index (κ2) is 5.30. The highest BCUT2D eigenvalue weighted by Crippen LogP contribution is 2.45. The van der Waals surface area contributed by atoms with E-state index in [2.05, 4.69) is 6.58 Å². The summed E-state index contributed by atoms with van der Waals surface area (Å²) in [6.45, 7) is 3.40. The number of ether oxygens (including phenoxy) is 1. The van der Waals surface area contributed by atoms with Gasteiger partial charge in [0.05, 0.1) is 7.11 Å². The molecule has 0 aliphatic rings. The van der Waals surface area contributed by atoms with Crippen molar-refractivity contribution in [1.29, 1.82) is 0 Å². The highest BCUT2D eigenvalue weighted by atomic mass is 127. The number of alkyl halides is 3. The van der Waals surface area contributed by atoms with Crippen molar-refractivity contribution < 1.29 is 18.6 Å². The molecular weight excluding hydrogens is 341 g/mol. The van der Waals surface area contributed by atoms with E-state index in [4.69, 9.17) is 4.74 Å². The maximum atomic E-state index is 13.5. The first kappa shape index (κ1) is 14.4. The molecule has 0 aliphatic heterocycles. The van der Waals surface area contributed by atoms with Crippen LogP contribution < -0.4 is 4.74 Å². The molecule has 5 heteroatoms. The van der Waals surface area contributed by atoms with Gasteiger partial charge in [-0.05, 0) is 17.7 Å². The van der Waals surface area contributed by atoms with Gasteiger partial charge < -0.3 is 9.84 Å². The molecule has 0 bridgehead atoms. The smallest absolute Gasteiger partial charge is 0.328 e. The van der Waals surface area contributed by atoms with E-state index in [1.165, 1.54) is 25.3 Å². The van der Waals surface area contributed by atoms with Gasteiger partial charge in [-0.15, -0.1) is 6.58 Å². The molecule has 0 fully saturated rings. The zero-order valence-corrected chi connectivity index (χ0v) is 11.4. The summed E-state index contributed by atoms with van der Waals surface area (Å²) in [6, 6.07) is 6.03. The third-order valence-corrected chi connectivity index (χ3v) is 3.35. The number of hydrogen-bond acceptors (Lipinski definition) is 2. The minimum atomic E-state index is -3.30. The van der Waals surface area contributed by atoms with Gasteiger partial charge in [-0.2, -0.15) is 8.78 Å². The lowest BCUT2D eigenvalue weighted by Gasteiger charge is -2.32. The van der Waals surface area contributed by atoms with E-state index >= 15 is 0 Å². The van der Waals surface area contributed by atoms with Crippen LogP contribution in [0.15, 0.2) is 36.9 Å². The summed E-state index contributed by atoms with van der Waals surface area (Å²) in [4.78, 5) is 0. The minimum Gasteiger partial charge on any atom is -0.497 e. The second-order valence-electron chi connectivity index (χ2n) is 3.58. The molecule has 0 amide bonds. The zero-order chi connectivity index (χ0) is 13.1. The third-order valence-electron chi connectivity index (χ3n) is 2.46. The van der Waals surface area contributed by atoms with E-state index in [1.54, 1.807) is 12.1 Å². The first-order chi connectivity index (χ1) is 7.85. The lowest BCUT2D eigenvalue weighted by molar-refractivity contribution is -0.112. The summed E-state index contributed by atoms with van der Waals surface area (Å²) in [7, 11) is 1.44. The van der Waals surface area contributed by atoms with Crippen LogP contribution in [0, 0.1) is 0 Å². The fraction of sp³-hybridized carbons (Fsp3) is 0.333. The summed E-state index contributed by atoms with van der Waals surface area (Å²) >= 11 is 0.934. The van der Waals surface area contributed by atoms with E-state index < -0.39 is 9.53 Å². The Morgan fingerprint density at radius 1 is 1.53 bits per heavy atom. The monoisotopic (exact) mass is 354 g/mol. The molecular formula is C12H13F2IO2. The Kier molecular flexibility index (Phi) is 4.48. The van der Waals surface area contributed by atoms with Crippen LogP contribution in [0.5, 0.6) is 5.75 Å². The van der Waals surface area contributed by atoms with Crippen LogP contribution in [0.1, 0.15) is 12.0 Å². The molecule has 0 aromatic heterocycles. The molecule has 0 heterocycles. The molecule has 94 valence electrons. The van der Waals surface area contributed by atoms with Crippen LogP contribution >= 0.6 is 22.6 Å². The Bertz CT molecular complexity index is 404. The van der Waals surface area contributed by atoms with Crippen molar-refractivity contribution in [3.05, 3.63) is 42.5 Å². The van der Waals surface area contributed by atoms with Crippen molar-refractivity contribution in [3.63, 3.8) is 0 Å². The minimum absolute atomic E-state index is 0.108. The van der Waals surface area contributed by atoms with E-state index in [1.807, 2.05) is 0 Å². The van der Waals surface area contributed by atoms with E-state index in [9.17, 15) is 13.9 Å². The van der Waals surface area contributed by atoms with Crippen molar-refractivity contribution in [2.24, 2.45) is 0 Å². The fourth-order valence-corrected chi connectivity index (χ4v) is 2.02. The molecule has 0 saturated heterocycles. The summed E-state index contributed by atoms with van der Waals surface area (Å²) in [5, 5.41) is 10.2. The standard InChI is InChI=1S/C12H13F2IO2/c1-3-7-11(16,12(13,14)15)9-5-4-6-10(8-9)17-2/h3-6,8,16H,1,7H2,2H3. The molecule has 1 N–H and O–H groups in total. The van der Waals surface area contributed by atoms with Gasteiger partial charge >= 0.3 is 3.93 Å². The zero-order valence-electron chi connectivity index (χ0n) is 9.29. The third kappa shape index (κ3) is 2.95. The van der Waals surface area contributed by atoms with Crippen LogP contribution in [-0.4, -0.2) is 16.1 Å². The Morgan fingerprint density at radius 2 is 2.18 bits per heavy atom. The molecule has 0 saturated carbocycles. The first-order valence-corrected chi connectivity index (χ1v) is 5.97. The molecule has 0 radical (unpaired) electrons. The Labute approximate surface area is 112 Å². The summed E-state index contributed by atoms with van der Waals surface area (Å²) in [5.41, 5.74) is -2.17. The molecule has 1 aromatic carbocycles. The van der Waals surface area contributed by atoms with Crippen molar-refractivity contribution in [1.82, 2.24) is 0 Å². The van der Waals surface area contributed by atoms with Crippen LogP contribution in [0.4, 0.5) is 8.78 Å². The number of benzene rings is 1. The Morgan fingerprint density at radius 3 is 2.65 bits per heavy atom. The van der Waals surface area contributed by atoms with Gasteiger partial charge in [-0.25, -0.2) is 0 Å². The van der Waals surface area contributed by atoms with Gasteiger partial charge in [0, 0.05) is 29.0 Å². The molecule has 0 spiro atoms. The van der Waals surface area contributed by atoms with Gasteiger partial charge in [0.2, 0.25) is 0 Å². The van der Waals surface area contributed by atoms with Crippen molar-refractivity contribution in [2.75, 3.05) is 7.11 Å². The average molecular weight is 354 g/mol. The number of methoxy groups -OCH3 is 1. The van der Waals surface area contributed by atoms with Gasteiger partial charge in [0.15, 0.2) is 5.60 Å². The molecule has 0 aliphatic carbocycles. The largest absolute Gasteiger partial charge is 0.497 e. The summed E-state index contributed by atoms with van der Waals surface area (Å²) in [5.74, 6) is 0.422. The van der Waals surface area contributed by atoms with E-state index in [0.717, 1.165) is 22.6 Å². The number of hydrogen-bond donors (Lipinski definition) is 1. The highest BCUT2D eigenvalue weighted by Gasteiger charge is 2.51. The van der Waals surface area contributed by atoms with Crippen molar-refractivity contribution in [3.8, 4) is 5.75 Å². The van der Waals surface area contributed by atoms with Crippen LogP contribution in [0.2, 0.25) is 0 Å². The quantitative estimate of drug-likeness (QED) is 0.498. The molecule has 1 atom stereocenters. The molecule has 17 heavy (non-hydrogen) atoms. The van der Waals surface area contributed by atoms with Gasteiger partial charge in [-0.1, -0.05) is 18.2 Å². The topological polar surface area (TPSA) is 29.5 Å². The lowest BCUT2D eigenvalue weighted by atomic mass is 9.90. The first-order valence-electron chi connectivity index (χ1n) is 4.89.